The van der Waals surface area contributed by atoms with Crippen molar-refractivity contribution in [2.24, 2.45) is 0 Å². The average Bonchev–Trinajstić information content (AvgIpc) is 2.36. The molecule has 2 rings (SSSR count). The van der Waals surface area contributed by atoms with Gasteiger partial charge in [-0.2, -0.15) is 0 Å². The minimum Gasteiger partial charge on any atom is -0.399 e. The van der Waals surface area contributed by atoms with Crippen LogP contribution in [0.1, 0.15) is 10.4 Å². The zero-order valence-corrected chi connectivity index (χ0v) is 12.9. The lowest BCUT2D eigenvalue weighted by molar-refractivity contribution is 0.102. The molecule has 0 radical (unpaired) electrons. The number of anilines is 2. The molecule has 0 saturated carbocycles. The van der Waals surface area contributed by atoms with E-state index in [1.54, 1.807) is 6.07 Å². The van der Waals surface area contributed by atoms with E-state index in [0.29, 0.717) is 22.0 Å². The molecule has 0 saturated heterocycles. The molecule has 20 heavy (non-hydrogen) atoms. The fraction of sp³-hybridized carbons (Fsp3) is 0. The van der Waals surface area contributed by atoms with Crippen LogP contribution >= 0.6 is 46.4 Å². The lowest BCUT2D eigenvalue weighted by Gasteiger charge is -2.10. The maximum atomic E-state index is 12.1. The zero-order chi connectivity index (χ0) is 14.9. The molecule has 3 nitrogen and oxygen atoms in total. The Morgan fingerprint density at radius 3 is 2.05 bits per heavy atom. The van der Waals surface area contributed by atoms with Gasteiger partial charge in [0.1, 0.15) is 0 Å². The Bertz CT molecular complexity index is 665. The van der Waals surface area contributed by atoms with E-state index in [9.17, 15) is 4.79 Å². The number of hydrogen-bond acceptors (Lipinski definition) is 2. The van der Waals surface area contributed by atoms with Gasteiger partial charge in [0.2, 0.25) is 0 Å². The van der Waals surface area contributed by atoms with Gasteiger partial charge in [-0.1, -0.05) is 46.4 Å². The molecule has 0 unspecified atom stereocenters. The summed E-state index contributed by atoms with van der Waals surface area (Å²) in [5.74, 6) is -0.405. The third kappa shape index (κ3) is 3.30. The first kappa shape index (κ1) is 15.3. The molecular formula is C13H8Cl4N2O. The summed E-state index contributed by atoms with van der Waals surface area (Å²) in [7, 11) is 0. The van der Waals surface area contributed by atoms with E-state index in [1.807, 2.05) is 0 Å². The van der Waals surface area contributed by atoms with Crippen LogP contribution in [0.5, 0.6) is 0 Å². The normalized spacial score (nSPS) is 10.4. The summed E-state index contributed by atoms with van der Waals surface area (Å²) in [5.41, 5.74) is 6.63. The molecule has 0 aromatic heterocycles. The third-order valence-corrected chi connectivity index (χ3v) is 3.82. The van der Waals surface area contributed by atoms with Crippen LogP contribution in [0.3, 0.4) is 0 Å². The number of carbonyl (C=O) groups excluding carboxylic acids is 1. The van der Waals surface area contributed by atoms with Crippen LogP contribution < -0.4 is 11.1 Å². The van der Waals surface area contributed by atoms with Crippen molar-refractivity contribution >= 4 is 63.7 Å². The van der Waals surface area contributed by atoms with Gasteiger partial charge in [0, 0.05) is 11.3 Å². The molecule has 2 aromatic rings. The number of halogens is 4. The van der Waals surface area contributed by atoms with Crippen molar-refractivity contribution in [3.63, 3.8) is 0 Å². The number of nitrogen functional groups attached to an aromatic ring is 1. The van der Waals surface area contributed by atoms with Gasteiger partial charge in [0.25, 0.3) is 5.91 Å². The summed E-state index contributed by atoms with van der Waals surface area (Å²) in [4.78, 5) is 12.1. The van der Waals surface area contributed by atoms with Crippen molar-refractivity contribution in [1.29, 1.82) is 0 Å². The van der Waals surface area contributed by atoms with Crippen molar-refractivity contribution in [3.8, 4) is 0 Å². The Morgan fingerprint density at radius 1 is 0.900 bits per heavy atom. The lowest BCUT2D eigenvalue weighted by atomic mass is 10.2. The SMILES string of the molecule is Nc1cc(Cl)c(NC(=O)c2ccc(Cl)c(Cl)c2)c(Cl)c1. The maximum absolute atomic E-state index is 12.1. The average molecular weight is 350 g/mol. The Balaban J connectivity index is 2.30. The van der Waals surface area contributed by atoms with Crippen LogP contribution in [0.2, 0.25) is 20.1 Å². The van der Waals surface area contributed by atoms with Gasteiger partial charge >= 0.3 is 0 Å². The Hall–Kier alpha value is -1.13. The fourth-order valence-electron chi connectivity index (χ4n) is 1.54. The van der Waals surface area contributed by atoms with Gasteiger partial charge in [0.05, 0.1) is 25.8 Å². The second kappa shape index (κ2) is 6.10. The van der Waals surface area contributed by atoms with E-state index >= 15 is 0 Å². The van der Waals surface area contributed by atoms with E-state index in [0.717, 1.165) is 0 Å². The molecule has 1 amide bonds. The van der Waals surface area contributed by atoms with Crippen molar-refractivity contribution in [3.05, 3.63) is 56.0 Å². The number of hydrogen-bond donors (Lipinski definition) is 2. The van der Waals surface area contributed by atoms with Crippen LogP contribution in [0.25, 0.3) is 0 Å². The highest BCUT2D eigenvalue weighted by Crippen LogP contribution is 2.33. The highest BCUT2D eigenvalue weighted by molar-refractivity contribution is 6.42. The summed E-state index contributed by atoms with van der Waals surface area (Å²) < 4.78 is 0. The first-order valence-corrected chi connectivity index (χ1v) is 6.90. The highest BCUT2D eigenvalue weighted by atomic mass is 35.5. The summed E-state index contributed by atoms with van der Waals surface area (Å²) in [6.07, 6.45) is 0. The van der Waals surface area contributed by atoms with E-state index in [-0.39, 0.29) is 15.1 Å². The second-order valence-electron chi connectivity index (χ2n) is 3.94. The smallest absolute Gasteiger partial charge is 0.255 e. The summed E-state index contributed by atoms with van der Waals surface area (Å²) in [5, 5.41) is 3.77. The number of nitrogens with two attached hydrogens (primary N) is 1. The van der Waals surface area contributed by atoms with E-state index < -0.39 is 5.91 Å². The van der Waals surface area contributed by atoms with Crippen molar-refractivity contribution in [1.82, 2.24) is 0 Å². The molecule has 104 valence electrons. The quantitative estimate of drug-likeness (QED) is 0.738. The minimum absolute atomic E-state index is 0.253. The summed E-state index contributed by atoms with van der Waals surface area (Å²) >= 11 is 23.7. The molecule has 0 fully saturated rings. The molecule has 7 heteroatoms. The van der Waals surface area contributed by atoms with Crippen LogP contribution in [0, 0.1) is 0 Å². The molecule has 3 N–H and O–H groups in total. The van der Waals surface area contributed by atoms with Gasteiger partial charge in [-0.15, -0.1) is 0 Å². The Kier molecular flexibility index (Phi) is 4.66. The van der Waals surface area contributed by atoms with Crippen molar-refractivity contribution in [2.75, 3.05) is 11.1 Å². The maximum Gasteiger partial charge on any atom is 0.255 e. The molecule has 2 aromatic carbocycles. The van der Waals surface area contributed by atoms with Crippen LogP contribution in [-0.4, -0.2) is 5.91 Å². The minimum atomic E-state index is -0.405. The van der Waals surface area contributed by atoms with Gasteiger partial charge in [-0.05, 0) is 30.3 Å². The van der Waals surface area contributed by atoms with Crippen molar-refractivity contribution in [2.45, 2.75) is 0 Å². The lowest BCUT2D eigenvalue weighted by Crippen LogP contribution is -2.12. The van der Waals surface area contributed by atoms with Crippen molar-refractivity contribution < 1.29 is 4.79 Å². The predicted molar refractivity (Wildman–Crippen MR) is 85.3 cm³/mol. The van der Waals surface area contributed by atoms with E-state index in [2.05, 4.69) is 5.32 Å². The molecule has 0 aliphatic carbocycles. The third-order valence-electron chi connectivity index (χ3n) is 2.48. The Labute approximate surface area is 135 Å². The molecule has 0 bridgehead atoms. The summed E-state index contributed by atoms with van der Waals surface area (Å²) in [6, 6.07) is 7.53. The molecule has 0 aliphatic heterocycles. The highest BCUT2D eigenvalue weighted by Gasteiger charge is 2.13. The summed E-state index contributed by atoms with van der Waals surface area (Å²) in [6.45, 7) is 0. The second-order valence-corrected chi connectivity index (χ2v) is 5.57. The number of amides is 1. The predicted octanol–water partition coefficient (Wildman–Crippen LogP) is 5.13. The largest absolute Gasteiger partial charge is 0.399 e. The first-order chi connectivity index (χ1) is 9.38. The number of rotatable bonds is 2. The molecule has 0 aliphatic rings. The number of nitrogens with one attached hydrogen (secondary N) is 1. The molecule has 0 spiro atoms. The Morgan fingerprint density at radius 2 is 1.50 bits per heavy atom. The van der Waals surface area contributed by atoms with Gasteiger partial charge in [-0.3, -0.25) is 4.79 Å². The number of carbonyl (C=O) groups is 1. The van der Waals surface area contributed by atoms with Crippen LogP contribution in [0.4, 0.5) is 11.4 Å². The van der Waals surface area contributed by atoms with Gasteiger partial charge in [0.15, 0.2) is 0 Å². The monoisotopic (exact) mass is 348 g/mol. The number of benzene rings is 2. The van der Waals surface area contributed by atoms with E-state index in [1.165, 1.54) is 24.3 Å². The van der Waals surface area contributed by atoms with Crippen LogP contribution in [0.15, 0.2) is 30.3 Å². The van der Waals surface area contributed by atoms with Gasteiger partial charge in [-0.25, -0.2) is 0 Å². The standard InChI is InChI=1S/C13H8Cl4N2O/c14-8-2-1-6(3-9(8)15)13(20)19-12-10(16)4-7(18)5-11(12)17/h1-5H,18H2,(H,19,20). The van der Waals surface area contributed by atoms with E-state index in [4.69, 9.17) is 52.1 Å². The molecule has 0 atom stereocenters. The topological polar surface area (TPSA) is 55.1 Å². The molecule has 0 heterocycles. The van der Waals surface area contributed by atoms with Gasteiger partial charge < -0.3 is 11.1 Å². The van der Waals surface area contributed by atoms with Crippen LogP contribution in [-0.2, 0) is 0 Å². The zero-order valence-electron chi connectivity index (χ0n) is 9.88. The fourth-order valence-corrected chi connectivity index (χ4v) is 2.43. The molecular weight excluding hydrogens is 342 g/mol. The first-order valence-electron chi connectivity index (χ1n) is 5.39.